The van der Waals surface area contributed by atoms with E-state index in [2.05, 4.69) is 5.32 Å². The maximum absolute atomic E-state index is 11.9. The summed E-state index contributed by atoms with van der Waals surface area (Å²) in [6, 6.07) is 9.68. The zero-order chi connectivity index (χ0) is 13.0. The highest BCUT2D eigenvalue weighted by molar-refractivity contribution is 8.14. The van der Waals surface area contributed by atoms with Crippen LogP contribution in [0, 0.1) is 0 Å². The summed E-state index contributed by atoms with van der Waals surface area (Å²) in [5, 5.41) is 2.91. The number of rotatable bonds is 4. The van der Waals surface area contributed by atoms with Gasteiger partial charge in [0.05, 0.1) is 6.04 Å². The zero-order valence-corrected chi connectivity index (χ0v) is 11.2. The van der Waals surface area contributed by atoms with Gasteiger partial charge >= 0.3 is 0 Å². The maximum Gasteiger partial charge on any atom is 0.221 e. The molecule has 2 rings (SSSR count). The van der Waals surface area contributed by atoms with Crippen LogP contribution < -0.4 is 5.32 Å². The summed E-state index contributed by atoms with van der Waals surface area (Å²) in [7, 11) is 0. The SMILES string of the molecule is C[C@@H](CC(=O)N[C@@H]1CCSC1=O)c1ccccc1. The molecule has 0 unspecified atom stereocenters. The van der Waals surface area contributed by atoms with Crippen molar-refractivity contribution in [2.24, 2.45) is 0 Å². The summed E-state index contributed by atoms with van der Waals surface area (Å²) in [4.78, 5) is 23.3. The first-order valence-electron chi connectivity index (χ1n) is 6.18. The lowest BCUT2D eigenvalue weighted by molar-refractivity contribution is -0.124. The molecule has 3 nitrogen and oxygen atoms in total. The fourth-order valence-electron chi connectivity index (χ4n) is 2.06. The van der Waals surface area contributed by atoms with Crippen molar-refractivity contribution in [1.29, 1.82) is 0 Å². The zero-order valence-electron chi connectivity index (χ0n) is 10.4. The lowest BCUT2D eigenvalue weighted by Crippen LogP contribution is -2.37. The lowest BCUT2D eigenvalue weighted by Gasteiger charge is -2.14. The second-order valence-electron chi connectivity index (χ2n) is 4.59. The Balaban J connectivity index is 1.86. The molecule has 1 aromatic rings. The largest absolute Gasteiger partial charge is 0.345 e. The summed E-state index contributed by atoms with van der Waals surface area (Å²) in [5.41, 5.74) is 1.15. The topological polar surface area (TPSA) is 46.2 Å². The summed E-state index contributed by atoms with van der Waals surface area (Å²) >= 11 is 1.31. The Hall–Kier alpha value is -1.29. The van der Waals surface area contributed by atoms with E-state index in [1.54, 1.807) is 0 Å². The molecular formula is C14H17NO2S. The van der Waals surface area contributed by atoms with Crippen molar-refractivity contribution in [1.82, 2.24) is 5.32 Å². The Morgan fingerprint density at radius 2 is 2.17 bits per heavy atom. The van der Waals surface area contributed by atoms with Crippen LogP contribution in [0.3, 0.4) is 0 Å². The first kappa shape index (κ1) is 13.1. The molecule has 4 heteroatoms. The van der Waals surface area contributed by atoms with Crippen molar-refractivity contribution < 1.29 is 9.59 Å². The van der Waals surface area contributed by atoms with Crippen molar-refractivity contribution >= 4 is 22.8 Å². The summed E-state index contributed by atoms with van der Waals surface area (Å²) in [5.74, 6) is 0.959. The van der Waals surface area contributed by atoms with E-state index in [0.717, 1.165) is 17.7 Å². The number of benzene rings is 1. The molecule has 1 saturated heterocycles. The minimum absolute atomic E-state index is 0.0350. The number of hydrogen-bond donors (Lipinski definition) is 1. The fraction of sp³-hybridized carbons (Fsp3) is 0.429. The summed E-state index contributed by atoms with van der Waals surface area (Å²) < 4.78 is 0. The van der Waals surface area contributed by atoms with E-state index in [9.17, 15) is 9.59 Å². The van der Waals surface area contributed by atoms with Crippen LogP contribution in [-0.2, 0) is 9.59 Å². The molecule has 0 aromatic heterocycles. The van der Waals surface area contributed by atoms with Gasteiger partial charge in [-0.2, -0.15) is 0 Å². The Kier molecular flexibility index (Phi) is 4.42. The Labute approximate surface area is 111 Å². The highest BCUT2D eigenvalue weighted by atomic mass is 32.2. The molecule has 0 radical (unpaired) electrons. The molecule has 2 atom stereocenters. The average Bonchev–Trinajstić information content (AvgIpc) is 2.76. The van der Waals surface area contributed by atoms with Gasteiger partial charge in [-0.05, 0) is 17.9 Å². The molecule has 1 N–H and O–H groups in total. The second-order valence-corrected chi connectivity index (χ2v) is 5.69. The second kappa shape index (κ2) is 6.05. The van der Waals surface area contributed by atoms with Crippen LogP contribution in [0.15, 0.2) is 30.3 Å². The Bertz CT molecular complexity index is 433. The third kappa shape index (κ3) is 3.35. The van der Waals surface area contributed by atoms with E-state index in [1.807, 2.05) is 37.3 Å². The van der Waals surface area contributed by atoms with Crippen LogP contribution in [-0.4, -0.2) is 22.8 Å². The molecule has 1 heterocycles. The van der Waals surface area contributed by atoms with Gasteiger partial charge in [0.1, 0.15) is 0 Å². The highest BCUT2D eigenvalue weighted by Gasteiger charge is 2.27. The van der Waals surface area contributed by atoms with Crippen LogP contribution >= 0.6 is 11.8 Å². The molecule has 0 saturated carbocycles. The first-order chi connectivity index (χ1) is 8.66. The molecule has 1 aromatic carbocycles. The van der Waals surface area contributed by atoms with Gasteiger partial charge in [-0.15, -0.1) is 0 Å². The van der Waals surface area contributed by atoms with Gasteiger partial charge < -0.3 is 5.32 Å². The molecule has 0 bridgehead atoms. The molecule has 1 aliphatic rings. The number of hydrogen-bond acceptors (Lipinski definition) is 3. The first-order valence-corrected chi connectivity index (χ1v) is 7.16. The van der Waals surface area contributed by atoms with E-state index in [-0.39, 0.29) is 23.0 Å². The Morgan fingerprint density at radius 1 is 1.44 bits per heavy atom. The standard InChI is InChI=1S/C14H17NO2S/c1-10(11-5-3-2-4-6-11)9-13(16)15-12-7-8-18-14(12)17/h2-6,10,12H,7-9H2,1H3,(H,15,16)/t10-,12+/m0/s1. The average molecular weight is 263 g/mol. The molecule has 18 heavy (non-hydrogen) atoms. The van der Waals surface area contributed by atoms with Gasteiger partial charge in [0.25, 0.3) is 0 Å². The highest BCUT2D eigenvalue weighted by Crippen LogP contribution is 2.21. The van der Waals surface area contributed by atoms with Crippen molar-refractivity contribution in [2.45, 2.75) is 31.7 Å². The summed E-state index contributed by atoms with van der Waals surface area (Å²) in [6.45, 7) is 2.03. The van der Waals surface area contributed by atoms with Crippen molar-refractivity contribution in [2.75, 3.05) is 5.75 Å². The lowest BCUT2D eigenvalue weighted by atomic mass is 9.97. The molecule has 0 aliphatic carbocycles. The van der Waals surface area contributed by atoms with Gasteiger partial charge in [0.2, 0.25) is 11.0 Å². The van der Waals surface area contributed by atoms with E-state index in [1.165, 1.54) is 11.8 Å². The molecule has 1 amide bonds. The predicted octanol–water partition coefficient (Wildman–Crippen LogP) is 2.33. The number of nitrogens with one attached hydrogen (secondary N) is 1. The van der Waals surface area contributed by atoms with Gasteiger partial charge in [0, 0.05) is 12.2 Å². The minimum atomic E-state index is -0.273. The Morgan fingerprint density at radius 3 is 2.78 bits per heavy atom. The summed E-state index contributed by atoms with van der Waals surface area (Å²) in [6.07, 6.45) is 1.19. The van der Waals surface area contributed by atoms with Crippen LogP contribution in [0.5, 0.6) is 0 Å². The molecular weight excluding hydrogens is 246 g/mol. The van der Waals surface area contributed by atoms with E-state index in [4.69, 9.17) is 0 Å². The van der Waals surface area contributed by atoms with Gasteiger partial charge in [-0.1, -0.05) is 49.0 Å². The maximum atomic E-state index is 11.9. The smallest absolute Gasteiger partial charge is 0.221 e. The molecule has 1 aliphatic heterocycles. The monoisotopic (exact) mass is 263 g/mol. The molecule has 1 fully saturated rings. The van der Waals surface area contributed by atoms with E-state index in [0.29, 0.717) is 6.42 Å². The van der Waals surface area contributed by atoms with Crippen LogP contribution in [0.4, 0.5) is 0 Å². The number of amides is 1. The van der Waals surface area contributed by atoms with Crippen LogP contribution in [0.2, 0.25) is 0 Å². The van der Waals surface area contributed by atoms with Crippen LogP contribution in [0.25, 0.3) is 0 Å². The van der Waals surface area contributed by atoms with E-state index >= 15 is 0 Å². The number of thioether (sulfide) groups is 1. The van der Waals surface area contributed by atoms with Crippen molar-refractivity contribution in [3.63, 3.8) is 0 Å². The van der Waals surface area contributed by atoms with Crippen molar-refractivity contribution in [3.05, 3.63) is 35.9 Å². The van der Waals surface area contributed by atoms with Gasteiger partial charge in [-0.3, -0.25) is 9.59 Å². The van der Waals surface area contributed by atoms with E-state index < -0.39 is 0 Å². The fourth-order valence-corrected chi connectivity index (χ4v) is 2.99. The van der Waals surface area contributed by atoms with Gasteiger partial charge in [-0.25, -0.2) is 0 Å². The normalized spacial score (nSPS) is 20.7. The molecule has 96 valence electrons. The predicted molar refractivity (Wildman–Crippen MR) is 73.5 cm³/mol. The molecule has 0 spiro atoms. The van der Waals surface area contributed by atoms with Crippen molar-refractivity contribution in [3.8, 4) is 0 Å². The minimum Gasteiger partial charge on any atom is -0.345 e. The quantitative estimate of drug-likeness (QED) is 0.907. The number of carbonyl (C=O) groups excluding carboxylic acids is 2. The number of carbonyl (C=O) groups is 2. The van der Waals surface area contributed by atoms with Gasteiger partial charge in [0.15, 0.2) is 0 Å². The van der Waals surface area contributed by atoms with Crippen LogP contribution in [0.1, 0.15) is 31.2 Å². The third-order valence-corrected chi connectivity index (χ3v) is 4.14. The third-order valence-electron chi connectivity index (χ3n) is 3.13.